The number of aliphatic carboxylic acids is 1. The van der Waals surface area contributed by atoms with Crippen LogP contribution in [0.15, 0.2) is 0 Å². The van der Waals surface area contributed by atoms with Gasteiger partial charge in [-0.3, -0.25) is 0 Å². The summed E-state index contributed by atoms with van der Waals surface area (Å²) in [5.74, 6) is -1.24. The van der Waals surface area contributed by atoms with Crippen molar-refractivity contribution in [3.63, 3.8) is 0 Å². The first-order valence-electron chi connectivity index (χ1n) is 5.96. The summed E-state index contributed by atoms with van der Waals surface area (Å²) in [4.78, 5) is 26.0. The second-order valence-electron chi connectivity index (χ2n) is 4.26. The average Bonchev–Trinajstić information content (AvgIpc) is 2.30. The highest BCUT2D eigenvalue weighted by atomic mass is 16.4. The fourth-order valence-electron chi connectivity index (χ4n) is 1.41. The number of hydrogen-bond donors (Lipinski definition) is 3. The van der Waals surface area contributed by atoms with Crippen LogP contribution in [-0.4, -0.2) is 78.4 Å². The maximum absolute atomic E-state index is 11.8. The Morgan fingerprint density at radius 2 is 1.89 bits per heavy atom. The first kappa shape index (κ1) is 16.7. The van der Waals surface area contributed by atoms with Gasteiger partial charge in [0.15, 0.2) is 6.04 Å². The van der Waals surface area contributed by atoms with Crippen LogP contribution >= 0.6 is 0 Å². The molecule has 0 saturated carbocycles. The summed E-state index contributed by atoms with van der Waals surface area (Å²) in [6.07, 6.45) is 0.811. The summed E-state index contributed by atoms with van der Waals surface area (Å²) in [5.41, 5.74) is 0. The van der Waals surface area contributed by atoms with Crippen molar-refractivity contribution in [3.05, 3.63) is 0 Å². The first-order chi connectivity index (χ1) is 8.42. The summed E-state index contributed by atoms with van der Waals surface area (Å²) in [6, 6.07) is -1.71. The number of hydrogen-bond acceptors (Lipinski definition) is 4. The zero-order valence-corrected chi connectivity index (χ0v) is 11.2. The standard InChI is InChI=1S/C11H23N3O4/c1-4-14(7-5-6-13(2)3)11(18)12-9(8-15)10(16)17/h9,15H,4-8H2,1-3H3,(H,12,18)(H,16,17). The Morgan fingerprint density at radius 3 is 2.28 bits per heavy atom. The van der Waals surface area contributed by atoms with Crippen LogP contribution in [0.25, 0.3) is 0 Å². The fourth-order valence-corrected chi connectivity index (χ4v) is 1.41. The predicted molar refractivity (Wildman–Crippen MR) is 67.5 cm³/mol. The van der Waals surface area contributed by atoms with Crippen LogP contribution in [0.1, 0.15) is 13.3 Å². The van der Waals surface area contributed by atoms with Gasteiger partial charge in [0.1, 0.15) is 0 Å². The molecular formula is C11H23N3O4. The van der Waals surface area contributed by atoms with E-state index < -0.39 is 24.6 Å². The van der Waals surface area contributed by atoms with Gasteiger partial charge in [-0.25, -0.2) is 9.59 Å². The molecule has 0 aromatic heterocycles. The maximum atomic E-state index is 11.8. The Labute approximate surface area is 107 Å². The number of aliphatic hydroxyl groups excluding tert-OH is 1. The third-order valence-electron chi connectivity index (χ3n) is 2.48. The minimum absolute atomic E-state index is 0.460. The largest absolute Gasteiger partial charge is 0.480 e. The molecule has 18 heavy (non-hydrogen) atoms. The van der Waals surface area contributed by atoms with E-state index in [0.717, 1.165) is 13.0 Å². The van der Waals surface area contributed by atoms with Crippen LogP contribution in [0.3, 0.4) is 0 Å². The van der Waals surface area contributed by atoms with Crippen LogP contribution in [0.5, 0.6) is 0 Å². The van der Waals surface area contributed by atoms with Crippen LogP contribution < -0.4 is 5.32 Å². The number of amides is 2. The molecule has 0 saturated heterocycles. The quantitative estimate of drug-likeness (QED) is 0.543. The van der Waals surface area contributed by atoms with Gasteiger partial charge in [0, 0.05) is 13.1 Å². The number of carbonyl (C=O) groups excluding carboxylic acids is 1. The highest BCUT2D eigenvalue weighted by molar-refractivity contribution is 5.82. The van der Waals surface area contributed by atoms with Crippen LogP contribution in [0.4, 0.5) is 4.79 Å². The molecule has 1 unspecified atom stereocenters. The SMILES string of the molecule is CCN(CCCN(C)C)C(=O)NC(CO)C(=O)O. The van der Waals surface area contributed by atoms with Crippen LogP contribution in [0.2, 0.25) is 0 Å². The van der Waals surface area contributed by atoms with Gasteiger partial charge in [-0.1, -0.05) is 0 Å². The van der Waals surface area contributed by atoms with E-state index in [4.69, 9.17) is 10.2 Å². The smallest absolute Gasteiger partial charge is 0.328 e. The molecule has 0 spiro atoms. The third-order valence-corrected chi connectivity index (χ3v) is 2.48. The van der Waals surface area contributed by atoms with Crippen molar-refractivity contribution in [1.82, 2.24) is 15.1 Å². The Bertz CT molecular complexity index is 271. The molecule has 7 heteroatoms. The van der Waals surface area contributed by atoms with E-state index in [1.54, 1.807) is 0 Å². The molecule has 0 aliphatic heterocycles. The van der Waals surface area contributed by atoms with Gasteiger partial charge in [-0.2, -0.15) is 0 Å². The lowest BCUT2D eigenvalue weighted by atomic mass is 10.3. The van der Waals surface area contributed by atoms with E-state index in [0.29, 0.717) is 13.1 Å². The molecule has 0 aromatic rings. The summed E-state index contributed by atoms with van der Waals surface area (Å²) in [7, 11) is 3.89. The minimum atomic E-state index is -1.25. The van der Waals surface area contributed by atoms with Crippen molar-refractivity contribution in [2.24, 2.45) is 0 Å². The van der Waals surface area contributed by atoms with Crippen molar-refractivity contribution >= 4 is 12.0 Å². The van der Waals surface area contributed by atoms with Crippen molar-refractivity contribution in [2.75, 3.05) is 40.3 Å². The summed E-state index contributed by atoms with van der Waals surface area (Å²) in [5, 5.41) is 19.8. The number of aliphatic hydroxyl groups is 1. The molecule has 1 atom stereocenters. The Morgan fingerprint density at radius 1 is 1.28 bits per heavy atom. The molecule has 0 heterocycles. The monoisotopic (exact) mass is 261 g/mol. The van der Waals surface area contributed by atoms with E-state index in [-0.39, 0.29) is 0 Å². The Kier molecular flexibility index (Phi) is 8.06. The van der Waals surface area contributed by atoms with Gasteiger partial charge in [0.2, 0.25) is 0 Å². The van der Waals surface area contributed by atoms with Gasteiger partial charge in [-0.15, -0.1) is 0 Å². The Balaban J connectivity index is 4.21. The molecule has 0 rings (SSSR count). The van der Waals surface area contributed by atoms with Gasteiger partial charge < -0.3 is 25.3 Å². The highest BCUT2D eigenvalue weighted by Crippen LogP contribution is 1.95. The Hall–Kier alpha value is -1.34. The summed E-state index contributed by atoms with van der Waals surface area (Å²) < 4.78 is 0. The van der Waals surface area contributed by atoms with E-state index in [9.17, 15) is 9.59 Å². The fraction of sp³-hybridized carbons (Fsp3) is 0.818. The highest BCUT2D eigenvalue weighted by Gasteiger charge is 2.21. The number of urea groups is 1. The zero-order chi connectivity index (χ0) is 14.1. The van der Waals surface area contributed by atoms with Crippen LogP contribution in [0, 0.1) is 0 Å². The number of nitrogens with one attached hydrogen (secondary N) is 1. The molecule has 106 valence electrons. The molecule has 0 aliphatic carbocycles. The third kappa shape index (κ3) is 6.41. The van der Waals surface area contributed by atoms with Crippen LogP contribution in [-0.2, 0) is 4.79 Å². The lowest BCUT2D eigenvalue weighted by molar-refractivity contribution is -0.140. The van der Waals surface area contributed by atoms with Gasteiger partial charge in [-0.05, 0) is 34.0 Å². The molecule has 0 radical (unpaired) electrons. The van der Waals surface area contributed by atoms with Crippen molar-refractivity contribution in [3.8, 4) is 0 Å². The lowest BCUT2D eigenvalue weighted by Gasteiger charge is -2.24. The average molecular weight is 261 g/mol. The van der Waals surface area contributed by atoms with E-state index >= 15 is 0 Å². The summed E-state index contributed by atoms with van der Waals surface area (Å²) >= 11 is 0. The van der Waals surface area contributed by atoms with Crippen molar-refractivity contribution in [1.29, 1.82) is 0 Å². The predicted octanol–water partition coefficient (Wildman–Crippen LogP) is -0.585. The molecule has 0 aliphatic rings. The normalized spacial score (nSPS) is 12.3. The molecule has 2 amide bonds. The number of nitrogens with zero attached hydrogens (tertiary/aromatic N) is 2. The minimum Gasteiger partial charge on any atom is -0.480 e. The van der Waals surface area contributed by atoms with Crippen molar-refractivity contribution < 1.29 is 19.8 Å². The molecular weight excluding hydrogens is 238 g/mol. The molecule has 0 fully saturated rings. The van der Waals surface area contributed by atoms with Crippen molar-refractivity contribution in [2.45, 2.75) is 19.4 Å². The zero-order valence-electron chi connectivity index (χ0n) is 11.2. The van der Waals surface area contributed by atoms with Gasteiger partial charge >= 0.3 is 12.0 Å². The topological polar surface area (TPSA) is 93.1 Å². The number of carboxylic acids is 1. The number of carboxylic acid groups (broad SMARTS) is 1. The van der Waals surface area contributed by atoms with E-state index in [1.165, 1.54) is 4.90 Å². The molecule has 0 bridgehead atoms. The maximum Gasteiger partial charge on any atom is 0.328 e. The number of rotatable bonds is 8. The first-order valence-corrected chi connectivity index (χ1v) is 5.96. The van der Waals surface area contributed by atoms with E-state index in [1.807, 2.05) is 25.9 Å². The second kappa shape index (κ2) is 8.71. The van der Waals surface area contributed by atoms with E-state index in [2.05, 4.69) is 5.32 Å². The summed E-state index contributed by atoms with van der Waals surface area (Å²) in [6.45, 7) is 3.11. The lowest BCUT2D eigenvalue weighted by Crippen LogP contribution is -2.49. The molecule has 3 N–H and O–H groups in total. The van der Waals surface area contributed by atoms with Gasteiger partial charge in [0.25, 0.3) is 0 Å². The molecule has 7 nitrogen and oxygen atoms in total. The molecule has 0 aromatic carbocycles. The van der Waals surface area contributed by atoms with Gasteiger partial charge in [0.05, 0.1) is 6.61 Å². The number of carbonyl (C=O) groups is 2. The second-order valence-corrected chi connectivity index (χ2v) is 4.26.